The van der Waals surface area contributed by atoms with Crippen molar-refractivity contribution in [2.24, 2.45) is 0 Å². The summed E-state index contributed by atoms with van der Waals surface area (Å²) in [5.74, 6) is 0. The Balaban J connectivity index is 0.000000240. The molecule has 0 heterocycles. The summed E-state index contributed by atoms with van der Waals surface area (Å²) in [5.41, 5.74) is 22.3. The van der Waals surface area contributed by atoms with Crippen LogP contribution in [0.2, 0.25) is 26.2 Å². The molecule has 4 aliphatic carbocycles. The quantitative estimate of drug-likeness (QED) is 0.146. The van der Waals surface area contributed by atoms with E-state index in [9.17, 15) is 0 Å². The second-order valence-electron chi connectivity index (χ2n) is 23.8. The molecule has 0 saturated heterocycles. The first kappa shape index (κ1) is 55.5. The van der Waals surface area contributed by atoms with Gasteiger partial charge in [0, 0.05) is 0 Å². The van der Waals surface area contributed by atoms with Crippen LogP contribution in [0.5, 0.6) is 0 Å². The Hall–Kier alpha value is -1.41. The van der Waals surface area contributed by atoms with Crippen molar-refractivity contribution in [3.05, 3.63) is 147 Å². The molecule has 6 heteroatoms. The molecular weight excluding hydrogens is 1200 g/mol. The number of rotatable bonds is 6. The molecule has 0 atom stereocenters. The molecule has 0 amide bonds. The molecule has 0 fully saturated rings. The van der Waals surface area contributed by atoms with Crippen LogP contribution in [-0.4, -0.2) is 11.0 Å². The van der Waals surface area contributed by atoms with E-state index in [1.54, 1.807) is 55.7 Å². The van der Waals surface area contributed by atoms with Gasteiger partial charge in [-0.05, 0) is 0 Å². The minimum absolute atomic E-state index is 0. The largest absolute Gasteiger partial charge is 0.147 e. The zero-order valence-electron chi connectivity index (χ0n) is 44.1. The third kappa shape index (κ3) is 11.1. The molecular formula is C60H82Cl2Hf2Si2. The van der Waals surface area contributed by atoms with Gasteiger partial charge in [0.15, 0.2) is 0 Å². The molecule has 4 aromatic rings. The second kappa shape index (κ2) is 21.1. The Morgan fingerprint density at radius 1 is 0.455 bits per heavy atom. The van der Waals surface area contributed by atoms with Crippen molar-refractivity contribution < 1.29 is 40.1 Å². The molecule has 0 N–H and O–H groups in total. The molecule has 0 saturated carbocycles. The van der Waals surface area contributed by atoms with Gasteiger partial charge in [-0.25, -0.2) is 0 Å². The SMILES string of the molecule is CCC1=[C]([Hf]([c]2c(C(C)(C)C)ccc3c2Cc2cc(C(C)(C)C)ccc2-3)=[Si](C)C)CC=C1.CCC1=[C]([Hf]([c]2c(C(C)(C)C)ccc3c2Cc2cc(C(C)(C)C)ccc2-3)=[Si](C)C)CC=C1.Cl.Cl. The zero-order valence-corrected chi connectivity index (χ0v) is 55.0. The van der Waals surface area contributed by atoms with E-state index < -0.39 is 40.1 Å². The zero-order chi connectivity index (χ0) is 46.8. The van der Waals surface area contributed by atoms with Gasteiger partial charge in [0.05, 0.1) is 0 Å². The van der Waals surface area contributed by atoms with E-state index >= 15 is 0 Å². The fourth-order valence-corrected chi connectivity index (χ4v) is 63.6. The summed E-state index contributed by atoms with van der Waals surface area (Å²) in [5, 5.41) is 0. The van der Waals surface area contributed by atoms with Crippen molar-refractivity contribution in [1.82, 2.24) is 0 Å². The van der Waals surface area contributed by atoms with Gasteiger partial charge in [0.25, 0.3) is 0 Å². The summed E-state index contributed by atoms with van der Waals surface area (Å²) in [6.07, 6.45) is 16.9. The molecule has 8 rings (SSSR count). The Morgan fingerprint density at radius 3 is 1.08 bits per heavy atom. The van der Waals surface area contributed by atoms with Crippen LogP contribution in [0, 0.1) is 0 Å². The first-order valence-electron chi connectivity index (χ1n) is 24.6. The number of hydrogen-bond donors (Lipinski definition) is 0. The monoisotopic (exact) mass is 1290 g/mol. The van der Waals surface area contributed by atoms with E-state index in [0.29, 0.717) is 0 Å². The predicted octanol–water partition coefficient (Wildman–Crippen LogP) is 16.8. The van der Waals surface area contributed by atoms with Crippen molar-refractivity contribution in [2.75, 3.05) is 0 Å². The first-order valence-corrected chi connectivity index (χ1v) is 47.6. The normalized spacial score (nSPS) is 14.8. The third-order valence-electron chi connectivity index (χ3n) is 14.4. The van der Waals surface area contributed by atoms with Gasteiger partial charge in [-0.2, -0.15) is 0 Å². The molecule has 352 valence electrons. The Kier molecular flexibility index (Phi) is 17.8. The van der Waals surface area contributed by atoms with Crippen LogP contribution in [0.3, 0.4) is 0 Å². The van der Waals surface area contributed by atoms with Gasteiger partial charge >= 0.3 is 411 Å². The van der Waals surface area contributed by atoms with Gasteiger partial charge < -0.3 is 0 Å². The van der Waals surface area contributed by atoms with Crippen LogP contribution in [0.1, 0.15) is 167 Å². The van der Waals surface area contributed by atoms with E-state index in [2.05, 4.69) is 208 Å². The summed E-state index contributed by atoms with van der Waals surface area (Å²) >= 11 is -4.42. The van der Waals surface area contributed by atoms with E-state index in [4.69, 9.17) is 0 Å². The average molecular weight is 1290 g/mol. The van der Waals surface area contributed by atoms with Gasteiger partial charge in [0.2, 0.25) is 0 Å². The topological polar surface area (TPSA) is 0 Å². The molecule has 66 heavy (non-hydrogen) atoms. The van der Waals surface area contributed by atoms with Crippen LogP contribution < -0.4 is 6.64 Å². The fraction of sp³-hybridized carbons (Fsp3) is 0.467. The Bertz CT molecular complexity index is 2550. The maximum absolute atomic E-state index is 2.62. The third-order valence-corrected chi connectivity index (χ3v) is 62.8. The van der Waals surface area contributed by atoms with E-state index in [0.717, 1.165) is 12.8 Å². The summed E-state index contributed by atoms with van der Waals surface area (Å²) in [4.78, 5) is 0. The van der Waals surface area contributed by atoms with Crippen molar-refractivity contribution in [3.8, 4) is 22.3 Å². The van der Waals surface area contributed by atoms with Gasteiger partial charge in [-0.3, -0.25) is 0 Å². The van der Waals surface area contributed by atoms with Crippen LogP contribution >= 0.6 is 24.8 Å². The summed E-state index contributed by atoms with van der Waals surface area (Å²) in [7, 11) is 0. The molecule has 0 aliphatic heterocycles. The maximum atomic E-state index is 2.62. The van der Waals surface area contributed by atoms with Crippen molar-refractivity contribution >= 4 is 42.4 Å². The van der Waals surface area contributed by atoms with Crippen LogP contribution in [-0.2, 0) is 74.6 Å². The average Bonchev–Trinajstić information content (AvgIpc) is 4.01. The number of allylic oxidation sites excluding steroid dienone is 8. The smallest absolute Gasteiger partial charge is 0.147 e. The molecule has 0 nitrogen and oxygen atoms in total. The minimum Gasteiger partial charge on any atom is -0.147 e. The number of hydrogen-bond acceptors (Lipinski definition) is 0. The molecule has 0 spiro atoms. The molecule has 4 aromatic carbocycles. The summed E-state index contributed by atoms with van der Waals surface area (Å²) in [6.45, 7) is 43.8. The summed E-state index contributed by atoms with van der Waals surface area (Å²) in [6, 6.07) is 24.6. The van der Waals surface area contributed by atoms with Crippen molar-refractivity contribution in [2.45, 2.75) is 183 Å². The molecule has 0 aromatic heterocycles. The van der Waals surface area contributed by atoms with E-state index in [1.165, 1.54) is 47.9 Å². The molecule has 0 radical (unpaired) electrons. The van der Waals surface area contributed by atoms with Gasteiger partial charge in [-0.15, -0.1) is 24.8 Å². The van der Waals surface area contributed by atoms with Crippen LogP contribution in [0.4, 0.5) is 0 Å². The standard InChI is InChI=1S/2C21H25.2C7H9.2C2H6Si.2ClH.2Hf/c2*1-20(2,3)16-7-9-18-14(12-16)11-15-13-17(21(4,5)6)8-10-19(15)18;2*1-2-7-5-3-4-6-7;2*1-3-2;;;;/h2*7-10,12H,11H2,1-6H3;2*3,5H,2,4H2,1H3;2*1-2H3;2*1H;;. The second-order valence-corrected chi connectivity index (χ2v) is 70.9. The van der Waals surface area contributed by atoms with E-state index in [1.807, 2.05) is 13.3 Å². The van der Waals surface area contributed by atoms with Crippen LogP contribution in [0.25, 0.3) is 22.3 Å². The minimum atomic E-state index is -2.21. The number of halogens is 2. The van der Waals surface area contributed by atoms with Crippen LogP contribution in [0.15, 0.2) is 103 Å². The molecule has 4 aliphatic rings. The van der Waals surface area contributed by atoms with E-state index in [-0.39, 0.29) is 57.5 Å². The molecule has 0 bridgehead atoms. The van der Waals surface area contributed by atoms with Gasteiger partial charge in [0.1, 0.15) is 0 Å². The molecule has 0 unspecified atom stereocenters. The van der Waals surface area contributed by atoms with Gasteiger partial charge in [-0.1, -0.05) is 0 Å². The first-order chi connectivity index (χ1) is 29.9. The number of benzene rings is 4. The fourth-order valence-electron chi connectivity index (χ4n) is 11.0. The number of fused-ring (bicyclic) bond motifs is 6. The Morgan fingerprint density at radius 2 is 0.788 bits per heavy atom. The maximum Gasteiger partial charge on any atom is -0.147 e. The Labute approximate surface area is 431 Å². The summed E-state index contributed by atoms with van der Waals surface area (Å²) < 4.78 is 7.61. The van der Waals surface area contributed by atoms with Crippen molar-refractivity contribution in [3.63, 3.8) is 0 Å². The van der Waals surface area contributed by atoms with Crippen molar-refractivity contribution in [1.29, 1.82) is 0 Å². The predicted molar refractivity (Wildman–Crippen MR) is 295 cm³/mol.